The van der Waals surface area contributed by atoms with Gasteiger partial charge in [0.15, 0.2) is 5.16 Å². The molecule has 0 aliphatic carbocycles. The molecule has 0 saturated heterocycles. The Morgan fingerprint density at radius 2 is 2.10 bits per heavy atom. The summed E-state index contributed by atoms with van der Waals surface area (Å²) >= 11 is 2.73. The third-order valence-electron chi connectivity index (χ3n) is 5.37. The molecule has 1 atom stereocenters. The second kappa shape index (κ2) is 8.53. The van der Waals surface area contributed by atoms with E-state index in [1.54, 1.807) is 11.5 Å². The van der Waals surface area contributed by atoms with Crippen LogP contribution in [0.5, 0.6) is 0 Å². The number of fused-ring (bicyclic) bond motifs is 3. The fourth-order valence-corrected chi connectivity index (χ4v) is 5.51. The third-order valence-corrected chi connectivity index (χ3v) is 7.38. The fraction of sp³-hybridized carbons (Fsp3) is 0.409. The number of nitrogens with zero attached hydrogens (tertiary/aromatic N) is 2. The van der Waals surface area contributed by atoms with Crippen LogP contribution in [0, 0.1) is 0 Å². The molecule has 0 fully saturated rings. The van der Waals surface area contributed by atoms with Gasteiger partial charge in [0.2, 0.25) is 0 Å². The summed E-state index contributed by atoms with van der Waals surface area (Å²) in [7, 11) is 0. The summed E-state index contributed by atoms with van der Waals surface area (Å²) in [6, 6.07) is 9.43. The Morgan fingerprint density at radius 1 is 1.33 bits per heavy atom. The van der Waals surface area contributed by atoms with Crippen molar-refractivity contribution in [2.45, 2.75) is 51.0 Å². The Balaban J connectivity index is 1.87. The SMILES string of the molecule is CCOC(=O)CSc1nc2sc3c(c2c(=O)n1-c1ccccc1)C[C@@](C)(CC)OC3. The van der Waals surface area contributed by atoms with E-state index >= 15 is 0 Å². The second-order valence-electron chi connectivity index (χ2n) is 7.42. The van der Waals surface area contributed by atoms with Crippen LogP contribution in [0.3, 0.4) is 0 Å². The monoisotopic (exact) mass is 444 g/mol. The highest BCUT2D eigenvalue weighted by Gasteiger charge is 2.33. The molecule has 0 amide bonds. The lowest BCUT2D eigenvalue weighted by Gasteiger charge is -2.32. The van der Waals surface area contributed by atoms with Crippen molar-refractivity contribution in [2.75, 3.05) is 12.4 Å². The summed E-state index contributed by atoms with van der Waals surface area (Å²) in [5, 5.41) is 1.16. The molecule has 1 aromatic carbocycles. The smallest absolute Gasteiger partial charge is 0.316 e. The van der Waals surface area contributed by atoms with Crippen molar-refractivity contribution in [2.24, 2.45) is 0 Å². The van der Waals surface area contributed by atoms with Crippen molar-refractivity contribution in [3.05, 3.63) is 51.1 Å². The van der Waals surface area contributed by atoms with Gasteiger partial charge in [-0.25, -0.2) is 4.98 Å². The van der Waals surface area contributed by atoms with Gasteiger partial charge >= 0.3 is 5.97 Å². The van der Waals surface area contributed by atoms with E-state index in [0.717, 1.165) is 22.5 Å². The van der Waals surface area contributed by atoms with E-state index in [2.05, 4.69) is 13.8 Å². The Bertz CT molecular complexity index is 1140. The van der Waals surface area contributed by atoms with E-state index < -0.39 is 0 Å². The molecule has 6 nitrogen and oxygen atoms in total. The van der Waals surface area contributed by atoms with Gasteiger partial charge in [0.1, 0.15) is 4.83 Å². The Morgan fingerprint density at radius 3 is 2.80 bits per heavy atom. The fourth-order valence-electron chi connectivity index (χ4n) is 3.56. The number of esters is 1. The number of hydrogen-bond donors (Lipinski definition) is 0. The predicted octanol–water partition coefficient (Wildman–Crippen LogP) is 4.34. The molecule has 0 spiro atoms. The van der Waals surface area contributed by atoms with Crippen molar-refractivity contribution in [3.8, 4) is 5.69 Å². The van der Waals surface area contributed by atoms with Crippen LogP contribution in [0.1, 0.15) is 37.6 Å². The lowest BCUT2D eigenvalue weighted by molar-refractivity contribution is -0.139. The summed E-state index contributed by atoms with van der Waals surface area (Å²) in [6.07, 6.45) is 1.57. The molecule has 0 bridgehead atoms. The topological polar surface area (TPSA) is 70.4 Å². The number of aromatic nitrogens is 2. The standard InChI is InChI=1S/C22H24N2O4S2/c1-4-22(3)11-15-16(12-28-22)30-19-18(15)20(26)24(14-9-7-6-8-10-14)21(23-19)29-13-17(25)27-5-2/h6-10H,4-5,11-13H2,1-3H3/t22-/m1/s1. The highest BCUT2D eigenvalue weighted by molar-refractivity contribution is 7.99. The molecule has 4 rings (SSSR count). The molecule has 30 heavy (non-hydrogen) atoms. The van der Waals surface area contributed by atoms with Crippen molar-refractivity contribution >= 4 is 39.3 Å². The van der Waals surface area contributed by atoms with Crippen molar-refractivity contribution < 1.29 is 14.3 Å². The first-order valence-corrected chi connectivity index (χ1v) is 11.8. The van der Waals surface area contributed by atoms with Gasteiger partial charge < -0.3 is 9.47 Å². The van der Waals surface area contributed by atoms with Gasteiger partial charge in [0.05, 0.1) is 35.6 Å². The van der Waals surface area contributed by atoms with Crippen molar-refractivity contribution in [1.82, 2.24) is 9.55 Å². The molecule has 158 valence electrons. The quantitative estimate of drug-likeness (QED) is 0.320. The molecular weight excluding hydrogens is 420 g/mol. The molecule has 3 aromatic rings. The van der Waals surface area contributed by atoms with Crippen LogP contribution >= 0.6 is 23.1 Å². The molecule has 8 heteroatoms. The number of thioether (sulfide) groups is 1. The first kappa shape index (κ1) is 21.1. The number of rotatable bonds is 6. The van der Waals surface area contributed by atoms with E-state index in [1.807, 2.05) is 30.3 Å². The number of carbonyl (C=O) groups excluding carboxylic acids is 1. The molecule has 1 aliphatic heterocycles. The second-order valence-corrected chi connectivity index (χ2v) is 9.44. The molecule has 3 heterocycles. The van der Waals surface area contributed by atoms with E-state index in [9.17, 15) is 9.59 Å². The molecule has 2 aromatic heterocycles. The molecule has 1 aliphatic rings. The van der Waals surface area contributed by atoms with E-state index in [0.29, 0.717) is 35.0 Å². The van der Waals surface area contributed by atoms with Gasteiger partial charge in [0.25, 0.3) is 5.56 Å². The third kappa shape index (κ3) is 3.91. The average Bonchev–Trinajstić information content (AvgIpc) is 3.10. The van der Waals surface area contributed by atoms with Gasteiger partial charge in [-0.1, -0.05) is 36.9 Å². The van der Waals surface area contributed by atoms with E-state index in [1.165, 1.54) is 23.1 Å². The van der Waals surface area contributed by atoms with E-state index in [-0.39, 0.29) is 22.9 Å². The van der Waals surface area contributed by atoms with E-state index in [4.69, 9.17) is 14.5 Å². The number of hydrogen-bond acceptors (Lipinski definition) is 7. The lowest BCUT2D eigenvalue weighted by Crippen LogP contribution is -2.34. The Kier molecular flexibility index (Phi) is 5.99. The Labute approximate surface area is 183 Å². The maximum Gasteiger partial charge on any atom is 0.316 e. The maximum atomic E-state index is 13.7. The maximum absolute atomic E-state index is 13.7. The number of para-hydroxylation sites is 1. The molecule has 0 N–H and O–H groups in total. The van der Waals surface area contributed by atoms with Crippen LogP contribution in [0.2, 0.25) is 0 Å². The minimum Gasteiger partial charge on any atom is -0.465 e. The highest BCUT2D eigenvalue weighted by Crippen LogP contribution is 2.39. The van der Waals surface area contributed by atoms with Gasteiger partial charge in [-0.15, -0.1) is 11.3 Å². The summed E-state index contributed by atoms with van der Waals surface area (Å²) in [4.78, 5) is 32.2. The summed E-state index contributed by atoms with van der Waals surface area (Å²) < 4.78 is 12.7. The zero-order chi connectivity index (χ0) is 21.3. The average molecular weight is 445 g/mol. The van der Waals surface area contributed by atoms with Crippen molar-refractivity contribution in [1.29, 1.82) is 0 Å². The van der Waals surface area contributed by atoms with Crippen LogP contribution in [-0.4, -0.2) is 33.5 Å². The normalized spacial score (nSPS) is 18.4. The van der Waals surface area contributed by atoms with Gasteiger partial charge in [-0.2, -0.15) is 0 Å². The van der Waals surface area contributed by atoms with Crippen LogP contribution in [0.25, 0.3) is 15.9 Å². The van der Waals surface area contributed by atoms with Crippen molar-refractivity contribution in [3.63, 3.8) is 0 Å². The molecule has 0 radical (unpaired) electrons. The first-order valence-electron chi connectivity index (χ1n) is 10.0. The number of carbonyl (C=O) groups is 1. The highest BCUT2D eigenvalue weighted by atomic mass is 32.2. The molecule has 0 saturated carbocycles. The minimum atomic E-state index is -0.325. The molecule has 0 unspecified atom stereocenters. The van der Waals surface area contributed by atoms with Gasteiger partial charge in [0, 0.05) is 11.3 Å². The summed E-state index contributed by atoms with van der Waals surface area (Å²) in [6.45, 7) is 6.79. The van der Waals surface area contributed by atoms with Crippen LogP contribution in [0.15, 0.2) is 40.3 Å². The minimum absolute atomic E-state index is 0.0979. The summed E-state index contributed by atoms with van der Waals surface area (Å²) in [5.41, 5.74) is 1.40. The summed E-state index contributed by atoms with van der Waals surface area (Å²) in [5.74, 6) is -0.227. The lowest BCUT2D eigenvalue weighted by atomic mass is 9.90. The van der Waals surface area contributed by atoms with Crippen LogP contribution in [0.4, 0.5) is 0 Å². The van der Waals surface area contributed by atoms with Crippen LogP contribution < -0.4 is 5.56 Å². The zero-order valence-corrected chi connectivity index (χ0v) is 18.9. The van der Waals surface area contributed by atoms with Gasteiger partial charge in [-0.05, 0) is 38.0 Å². The number of ether oxygens (including phenoxy) is 2. The number of thiophene rings is 1. The van der Waals surface area contributed by atoms with Crippen LogP contribution in [-0.2, 0) is 27.3 Å². The zero-order valence-electron chi connectivity index (χ0n) is 17.3. The first-order chi connectivity index (χ1) is 14.5. The number of benzene rings is 1. The molecular formula is C22H24N2O4S2. The Hall–Kier alpha value is -2.16. The predicted molar refractivity (Wildman–Crippen MR) is 120 cm³/mol. The van der Waals surface area contributed by atoms with Gasteiger partial charge in [-0.3, -0.25) is 14.2 Å². The largest absolute Gasteiger partial charge is 0.465 e.